The predicted molar refractivity (Wildman–Crippen MR) is 102 cm³/mol. The molecule has 3 aromatic rings. The van der Waals surface area contributed by atoms with E-state index in [2.05, 4.69) is 22.1 Å². The number of nitrogens with zero attached hydrogens (tertiary/aromatic N) is 3. The predicted octanol–water partition coefficient (Wildman–Crippen LogP) is 3.79. The van der Waals surface area contributed by atoms with Gasteiger partial charge in [-0.2, -0.15) is 0 Å². The molecular weight excluding hydrogens is 372 g/mol. The minimum Gasteiger partial charge on any atom is -0.461 e. The standard InChI is InChI=1S/C18H17ClN4O2S/c1-2-9-23-17(15-4-3-10-25-15)21-22-18(23)26-12-16(24)20-11-13-5-7-14(19)8-6-13/h2-8,10H,1,9,11-12H2,(H,20,24). The highest BCUT2D eigenvalue weighted by molar-refractivity contribution is 7.99. The first-order valence-electron chi connectivity index (χ1n) is 7.89. The Balaban J connectivity index is 1.59. The number of carbonyl (C=O) groups excluding carboxylic acids is 1. The highest BCUT2D eigenvalue weighted by Gasteiger charge is 2.16. The zero-order valence-electron chi connectivity index (χ0n) is 13.9. The minimum atomic E-state index is -0.0855. The fourth-order valence-corrected chi connectivity index (χ4v) is 3.16. The van der Waals surface area contributed by atoms with E-state index in [4.69, 9.17) is 16.0 Å². The Morgan fingerprint density at radius 1 is 1.31 bits per heavy atom. The second-order valence-corrected chi connectivity index (χ2v) is 6.75. The molecule has 134 valence electrons. The van der Waals surface area contributed by atoms with E-state index in [-0.39, 0.29) is 11.7 Å². The van der Waals surface area contributed by atoms with Gasteiger partial charge in [-0.25, -0.2) is 0 Å². The molecule has 1 N–H and O–H groups in total. The van der Waals surface area contributed by atoms with Crippen LogP contribution < -0.4 is 5.32 Å². The van der Waals surface area contributed by atoms with Crippen LogP contribution in [0.2, 0.25) is 5.02 Å². The molecule has 0 saturated carbocycles. The van der Waals surface area contributed by atoms with Gasteiger partial charge in [0.2, 0.25) is 11.7 Å². The molecule has 1 aromatic carbocycles. The Hall–Kier alpha value is -2.51. The van der Waals surface area contributed by atoms with Crippen LogP contribution in [0.15, 0.2) is 64.9 Å². The third-order valence-electron chi connectivity index (χ3n) is 3.51. The van der Waals surface area contributed by atoms with Crippen LogP contribution >= 0.6 is 23.4 Å². The van der Waals surface area contributed by atoms with Gasteiger partial charge in [-0.15, -0.1) is 16.8 Å². The summed E-state index contributed by atoms with van der Waals surface area (Å²) in [6, 6.07) is 11.0. The molecule has 3 rings (SSSR count). The number of amides is 1. The number of aromatic nitrogens is 3. The molecule has 0 spiro atoms. The van der Waals surface area contributed by atoms with E-state index in [0.717, 1.165) is 5.56 Å². The average molecular weight is 389 g/mol. The molecule has 6 nitrogen and oxygen atoms in total. The Kier molecular flexibility index (Phi) is 6.14. The van der Waals surface area contributed by atoms with Crippen molar-refractivity contribution in [3.63, 3.8) is 0 Å². The van der Waals surface area contributed by atoms with Gasteiger partial charge in [0.05, 0.1) is 12.0 Å². The van der Waals surface area contributed by atoms with Crippen LogP contribution in [0.1, 0.15) is 5.56 Å². The summed E-state index contributed by atoms with van der Waals surface area (Å²) in [6.45, 7) is 4.74. The van der Waals surface area contributed by atoms with Crippen LogP contribution in [0, 0.1) is 0 Å². The lowest BCUT2D eigenvalue weighted by Crippen LogP contribution is -2.24. The molecule has 8 heteroatoms. The number of nitrogens with one attached hydrogen (secondary N) is 1. The Bertz CT molecular complexity index is 875. The molecule has 0 atom stereocenters. The van der Waals surface area contributed by atoms with E-state index in [1.54, 1.807) is 30.5 Å². The number of carbonyl (C=O) groups is 1. The number of halogens is 1. The maximum absolute atomic E-state index is 12.1. The van der Waals surface area contributed by atoms with E-state index in [1.165, 1.54) is 11.8 Å². The molecule has 0 bridgehead atoms. The lowest BCUT2D eigenvalue weighted by molar-refractivity contribution is -0.118. The number of hydrogen-bond donors (Lipinski definition) is 1. The first-order chi connectivity index (χ1) is 12.7. The van der Waals surface area contributed by atoms with Crippen molar-refractivity contribution in [1.82, 2.24) is 20.1 Å². The summed E-state index contributed by atoms with van der Waals surface area (Å²) >= 11 is 7.17. The number of hydrogen-bond acceptors (Lipinski definition) is 5. The Morgan fingerprint density at radius 3 is 2.81 bits per heavy atom. The van der Waals surface area contributed by atoms with Crippen molar-refractivity contribution < 1.29 is 9.21 Å². The van der Waals surface area contributed by atoms with Crippen LogP contribution in [-0.2, 0) is 17.9 Å². The summed E-state index contributed by atoms with van der Waals surface area (Å²) in [7, 11) is 0. The monoisotopic (exact) mass is 388 g/mol. The molecule has 0 saturated heterocycles. The summed E-state index contributed by atoms with van der Waals surface area (Å²) < 4.78 is 7.25. The van der Waals surface area contributed by atoms with Crippen LogP contribution in [0.3, 0.4) is 0 Å². The third-order valence-corrected chi connectivity index (χ3v) is 4.72. The van der Waals surface area contributed by atoms with Crippen LogP contribution in [0.25, 0.3) is 11.6 Å². The van der Waals surface area contributed by atoms with Gasteiger partial charge in [0.1, 0.15) is 0 Å². The maximum Gasteiger partial charge on any atom is 0.230 e. The number of allylic oxidation sites excluding steroid dienone is 1. The fourth-order valence-electron chi connectivity index (χ4n) is 2.26. The zero-order valence-corrected chi connectivity index (χ0v) is 15.5. The van der Waals surface area contributed by atoms with Crippen molar-refractivity contribution in [1.29, 1.82) is 0 Å². The Labute approximate surface area is 160 Å². The first-order valence-corrected chi connectivity index (χ1v) is 9.25. The van der Waals surface area contributed by atoms with E-state index in [0.29, 0.717) is 34.9 Å². The molecule has 0 aliphatic heterocycles. The normalized spacial score (nSPS) is 10.7. The van der Waals surface area contributed by atoms with Gasteiger partial charge >= 0.3 is 0 Å². The SMILES string of the molecule is C=CCn1c(SCC(=O)NCc2ccc(Cl)cc2)nnc1-c1ccco1. The van der Waals surface area contributed by atoms with E-state index >= 15 is 0 Å². The quantitative estimate of drug-likeness (QED) is 0.469. The van der Waals surface area contributed by atoms with Crippen molar-refractivity contribution in [3.05, 3.63) is 65.9 Å². The third kappa shape index (κ3) is 4.56. The van der Waals surface area contributed by atoms with Gasteiger partial charge in [-0.3, -0.25) is 9.36 Å². The van der Waals surface area contributed by atoms with Crippen molar-refractivity contribution in [2.75, 3.05) is 5.75 Å². The van der Waals surface area contributed by atoms with Gasteiger partial charge in [0, 0.05) is 18.1 Å². The van der Waals surface area contributed by atoms with Crippen molar-refractivity contribution in [2.24, 2.45) is 0 Å². The molecule has 0 radical (unpaired) electrons. The number of thioether (sulfide) groups is 1. The highest BCUT2D eigenvalue weighted by Crippen LogP contribution is 2.24. The van der Waals surface area contributed by atoms with E-state index < -0.39 is 0 Å². The summed E-state index contributed by atoms with van der Waals surface area (Å²) in [6.07, 6.45) is 3.33. The van der Waals surface area contributed by atoms with Crippen molar-refractivity contribution in [2.45, 2.75) is 18.2 Å². The van der Waals surface area contributed by atoms with E-state index in [9.17, 15) is 4.79 Å². The van der Waals surface area contributed by atoms with Crippen LogP contribution in [0.4, 0.5) is 0 Å². The second-order valence-electron chi connectivity index (χ2n) is 5.37. The molecule has 2 heterocycles. The van der Waals surface area contributed by atoms with Crippen molar-refractivity contribution in [3.8, 4) is 11.6 Å². The highest BCUT2D eigenvalue weighted by atomic mass is 35.5. The van der Waals surface area contributed by atoms with Gasteiger partial charge in [-0.05, 0) is 29.8 Å². The number of benzene rings is 1. The molecule has 2 aromatic heterocycles. The molecule has 0 fully saturated rings. The number of furan rings is 1. The van der Waals surface area contributed by atoms with Crippen LogP contribution in [0.5, 0.6) is 0 Å². The van der Waals surface area contributed by atoms with Crippen molar-refractivity contribution >= 4 is 29.3 Å². The second kappa shape index (κ2) is 8.73. The largest absolute Gasteiger partial charge is 0.461 e. The summed E-state index contributed by atoms with van der Waals surface area (Å²) in [5.74, 6) is 1.39. The summed E-state index contributed by atoms with van der Waals surface area (Å²) in [5, 5.41) is 12.5. The van der Waals surface area contributed by atoms with E-state index in [1.807, 2.05) is 22.8 Å². The maximum atomic E-state index is 12.1. The Morgan fingerprint density at radius 2 is 2.12 bits per heavy atom. The minimum absolute atomic E-state index is 0.0855. The molecule has 0 aliphatic rings. The molecule has 26 heavy (non-hydrogen) atoms. The zero-order chi connectivity index (χ0) is 18.4. The number of rotatable bonds is 8. The van der Waals surface area contributed by atoms with Crippen LogP contribution in [-0.4, -0.2) is 26.4 Å². The fraction of sp³-hybridized carbons (Fsp3) is 0.167. The van der Waals surface area contributed by atoms with Gasteiger partial charge in [0.25, 0.3) is 0 Å². The average Bonchev–Trinajstić information content (AvgIpc) is 3.29. The topological polar surface area (TPSA) is 73.0 Å². The first kappa shape index (κ1) is 18.3. The summed E-state index contributed by atoms with van der Waals surface area (Å²) in [4.78, 5) is 12.1. The molecule has 0 aliphatic carbocycles. The summed E-state index contributed by atoms with van der Waals surface area (Å²) in [5.41, 5.74) is 0.989. The molecule has 0 unspecified atom stereocenters. The lowest BCUT2D eigenvalue weighted by Gasteiger charge is -2.07. The molecule has 1 amide bonds. The molecular formula is C18H17ClN4O2S. The van der Waals surface area contributed by atoms with Gasteiger partial charge in [0.15, 0.2) is 10.9 Å². The lowest BCUT2D eigenvalue weighted by atomic mass is 10.2. The smallest absolute Gasteiger partial charge is 0.230 e. The van der Waals surface area contributed by atoms with Gasteiger partial charge < -0.3 is 9.73 Å². The van der Waals surface area contributed by atoms with Gasteiger partial charge in [-0.1, -0.05) is 41.6 Å².